The van der Waals surface area contributed by atoms with Gasteiger partial charge in [0.25, 0.3) is 0 Å². The average Bonchev–Trinajstić information content (AvgIpc) is 2.22. The molecule has 0 saturated heterocycles. The zero-order valence-electron chi connectivity index (χ0n) is 9.37. The first kappa shape index (κ1) is 14.1. The van der Waals surface area contributed by atoms with Crippen molar-refractivity contribution in [3.05, 3.63) is 12.8 Å². The van der Waals surface area contributed by atoms with Gasteiger partial charge >= 0.3 is 5.97 Å². The molecule has 0 aliphatic heterocycles. The van der Waals surface area contributed by atoms with Crippen LogP contribution < -0.4 is 0 Å². The third-order valence-electron chi connectivity index (χ3n) is 1.68. The Morgan fingerprint density at radius 1 is 1.20 bits per heavy atom. The topological polar surface area (TPSA) is 44.8 Å². The van der Waals surface area contributed by atoms with Gasteiger partial charge in [-0.05, 0) is 6.42 Å². The molecule has 0 atom stereocenters. The maximum Gasteiger partial charge on any atom is 0.312 e. The Hall–Kier alpha value is -0.870. The fourth-order valence-corrected chi connectivity index (χ4v) is 0.876. The molecule has 15 heavy (non-hydrogen) atoms. The van der Waals surface area contributed by atoms with Crippen molar-refractivity contribution in [1.82, 2.24) is 0 Å². The van der Waals surface area contributed by atoms with Crippen molar-refractivity contribution in [3.8, 4) is 0 Å². The number of carbonyl (C=O) groups excluding carboxylic acids is 1. The zero-order chi connectivity index (χ0) is 11.4. The Labute approximate surface area is 91.2 Å². The van der Waals surface area contributed by atoms with Crippen LogP contribution in [0.1, 0.15) is 26.2 Å². The molecule has 0 fully saturated rings. The van der Waals surface area contributed by atoms with Crippen LogP contribution in [0.3, 0.4) is 0 Å². The van der Waals surface area contributed by atoms with Gasteiger partial charge in [-0.15, -0.1) is 0 Å². The van der Waals surface area contributed by atoms with E-state index in [0.717, 1.165) is 25.7 Å². The highest BCUT2D eigenvalue weighted by Gasteiger charge is 1.99. The van der Waals surface area contributed by atoms with Crippen molar-refractivity contribution in [1.29, 1.82) is 0 Å². The van der Waals surface area contributed by atoms with Crippen LogP contribution in [0.2, 0.25) is 0 Å². The van der Waals surface area contributed by atoms with Gasteiger partial charge < -0.3 is 14.2 Å². The normalized spacial score (nSPS) is 9.93. The molecule has 0 aliphatic carbocycles. The molecular weight excluding hydrogens is 196 g/mol. The number of carbonyl (C=O) groups is 1. The fourth-order valence-electron chi connectivity index (χ4n) is 0.876. The van der Waals surface area contributed by atoms with Crippen LogP contribution >= 0.6 is 0 Å². The Balaban J connectivity index is 3.04. The highest BCUT2D eigenvalue weighted by atomic mass is 16.5. The molecule has 0 rings (SSSR count). The molecule has 0 aromatic heterocycles. The summed E-state index contributed by atoms with van der Waals surface area (Å²) in [5, 5.41) is 0. The van der Waals surface area contributed by atoms with Crippen LogP contribution in [0.4, 0.5) is 0 Å². The molecule has 0 radical (unpaired) electrons. The maximum atomic E-state index is 10.8. The average molecular weight is 216 g/mol. The molecular formula is C11H20O4. The third-order valence-corrected chi connectivity index (χ3v) is 1.68. The summed E-state index contributed by atoms with van der Waals surface area (Å²) in [6.45, 7) is 7.64. The standard InChI is InChI=1S/C11H20O4/c1-3-5-7-13-9-10-14-8-6-11(12)15-4-2/h4H,2-3,5-10H2,1H3. The van der Waals surface area contributed by atoms with Gasteiger partial charge in [0.2, 0.25) is 0 Å². The summed E-state index contributed by atoms with van der Waals surface area (Å²) in [7, 11) is 0. The van der Waals surface area contributed by atoms with Gasteiger partial charge in [0.1, 0.15) is 0 Å². The van der Waals surface area contributed by atoms with Crippen LogP contribution in [0.15, 0.2) is 12.8 Å². The Bertz CT molecular complexity index is 168. The monoisotopic (exact) mass is 216 g/mol. The smallest absolute Gasteiger partial charge is 0.312 e. The fraction of sp³-hybridized carbons (Fsp3) is 0.727. The summed E-state index contributed by atoms with van der Waals surface area (Å²) in [6, 6.07) is 0. The second kappa shape index (κ2) is 11.2. The second-order valence-electron chi connectivity index (χ2n) is 2.98. The molecule has 0 bridgehead atoms. The van der Waals surface area contributed by atoms with E-state index in [-0.39, 0.29) is 12.4 Å². The summed E-state index contributed by atoms with van der Waals surface area (Å²) in [5.74, 6) is -0.322. The van der Waals surface area contributed by atoms with E-state index in [0.29, 0.717) is 19.8 Å². The van der Waals surface area contributed by atoms with E-state index < -0.39 is 0 Å². The van der Waals surface area contributed by atoms with Gasteiger partial charge in [0, 0.05) is 6.61 Å². The first-order valence-corrected chi connectivity index (χ1v) is 5.27. The van der Waals surface area contributed by atoms with Crippen molar-refractivity contribution in [2.75, 3.05) is 26.4 Å². The van der Waals surface area contributed by atoms with Crippen molar-refractivity contribution < 1.29 is 19.0 Å². The number of esters is 1. The predicted octanol–water partition coefficient (Wildman–Crippen LogP) is 1.90. The molecule has 0 saturated carbocycles. The van der Waals surface area contributed by atoms with E-state index >= 15 is 0 Å². The van der Waals surface area contributed by atoms with E-state index in [1.165, 1.54) is 0 Å². The van der Waals surface area contributed by atoms with Crippen LogP contribution in [0.5, 0.6) is 0 Å². The molecule has 0 heterocycles. The zero-order valence-corrected chi connectivity index (χ0v) is 9.37. The summed E-state index contributed by atoms with van der Waals surface area (Å²) >= 11 is 0. The lowest BCUT2D eigenvalue weighted by molar-refractivity contribution is -0.139. The minimum atomic E-state index is -0.322. The second-order valence-corrected chi connectivity index (χ2v) is 2.98. The highest BCUT2D eigenvalue weighted by molar-refractivity contribution is 5.69. The van der Waals surface area contributed by atoms with Gasteiger partial charge in [-0.1, -0.05) is 19.9 Å². The minimum absolute atomic E-state index is 0.251. The maximum absolute atomic E-state index is 10.8. The third kappa shape index (κ3) is 11.1. The molecule has 0 aliphatic rings. The van der Waals surface area contributed by atoms with E-state index in [4.69, 9.17) is 9.47 Å². The number of hydrogen-bond donors (Lipinski definition) is 0. The van der Waals surface area contributed by atoms with Gasteiger partial charge in [-0.25, -0.2) is 0 Å². The number of unbranched alkanes of at least 4 members (excludes halogenated alkanes) is 1. The minimum Gasteiger partial charge on any atom is -0.435 e. The van der Waals surface area contributed by atoms with Crippen LogP contribution in [-0.4, -0.2) is 32.4 Å². The Kier molecular flexibility index (Phi) is 10.6. The molecule has 4 heteroatoms. The summed E-state index contributed by atoms with van der Waals surface area (Å²) in [6.07, 6.45) is 3.58. The van der Waals surface area contributed by atoms with Crippen molar-refractivity contribution in [3.63, 3.8) is 0 Å². The number of hydrogen-bond acceptors (Lipinski definition) is 4. The molecule has 0 aromatic rings. The summed E-state index contributed by atoms with van der Waals surface area (Å²) in [4.78, 5) is 10.8. The lowest BCUT2D eigenvalue weighted by Crippen LogP contribution is -2.09. The predicted molar refractivity (Wildman–Crippen MR) is 57.5 cm³/mol. The van der Waals surface area contributed by atoms with Gasteiger partial charge in [-0.2, -0.15) is 0 Å². The lowest BCUT2D eigenvalue weighted by atomic mass is 10.4. The van der Waals surface area contributed by atoms with Crippen molar-refractivity contribution in [2.24, 2.45) is 0 Å². The summed E-state index contributed by atoms with van der Waals surface area (Å²) < 4.78 is 15.0. The molecule has 0 unspecified atom stereocenters. The van der Waals surface area contributed by atoms with E-state index in [9.17, 15) is 4.79 Å². The number of ether oxygens (including phenoxy) is 3. The van der Waals surface area contributed by atoms with Crippen LogP contribution in [0, 0.1) is 0 Å². The first-order valence-electron chi connectivity index (χ1n) is 5.27. The Morgan fingerprint density at radius 2 is 1.87 bits per heavy atom. The molecule has 0 spiro atoms. The Morgan fingerprint density at radius 3 is 2.47 bits per heavy atom. The van der Waals surface area contributed by atoms with E-state index in [2.05, 4.69) is 18.2 Å². The molecule has 0 aromatic carbocycles. The first-order chi connectivity index (χ1) is 7.31. The van der Waals surface area contributed by atoms with Crippen molar-refractivity contribution >= 4 is 5.97 Å². The SMILES string of the molecule is C=COC(=O)CCOCCOCCCC. The molecule has 4 nitrogen and oxygen atoms in total. The van der Waals surface area contributed by atoms with E-state index in [1.54, 1.807) is 0 Å². The van der Waals surface area contributed by atoms with Crippen LogP contribution in [0.25, 0.3) is 0 Å². The largest absolute Gasteiger partial charge is 0.435 e. The van der Waals surface area contributed by atoms with Crippen molar-refractivity contribution in [2.45, 2.75) is 26.2 Å². The van der Waals surface area contributed by atoms with Gasteiger partial charge in [0.05, 0.1) is 32.5 Å². The van der Waals surface area contributed by atoms with E-state index in [1.807, 2.05) is 0 Å². The molecule has 88 valence electrons. The summed E-state index contributed by atoms with van der Waals surface area (Å²) in [5.41, 5.74) is 0. The number of rotatable bonds is 10. The quantitative estimate of drug-likeness (QED) is 0.318. The molecule has 0 amide bonds. The van der Waals surface area contributed by atoms with Gasteiger partial charge in [-0.3, -0.25) is 4.79 Å². The van der Waals surface area contributed by atoms with Gasteiger partial charge in [0.15, 0.2) is 0 Å². The van der Waals surface area contributed by atoms with Crippen LogP contribution in [-0.2, 0) is 19.0 Å². The highest BCUT2D eigenvalue weighted by Crippen LogP contribution is 1.90. The lowest BCUT2D eigenvalue weighted by Gasteiger charge is -2.04. The molecule has 0 N–H and O–H groups in total.